The van der Waals surface area contributed by atoms with Crippen LogP contribution in [0.5, 0.6) is 0 Å². The first-order valence-corrected chi connectivity index (χ1v) is 5.67. The van der Waals surface area contributed by atoms with Crippen molar-refractivity contribution in [1.82, 2.24) is 10.3 Å². The van der Waals surface area contributed by atoms with Crippen molar-refractivity contribution in [3.8, 4) is 0 Å². The molecule has 1 atom stereocenters. The molecule has 1 N–H and O–H groups in total. The molecule has 0 amide bonds. The van der Waals surface area contributed by atoms with Crippen LogP contribution >= 0.6 is 0 Å². The number of rotatable bonds is 3. The van der Waals surface area contributed by atoms with Crippen LogP contribution in [0.4, 0.5) is 13.2 Å². The Bertz CT molecular complexity index is 532. The van der Waals surface area contributed by atoms with Gasteiger partial charge in [-0.15, -0.1) is 0 Å². The highest BCUT2D eigenvalue weighted by atomic mass is 19.4. The summed E-state index contributed by atoms with van der Waals surface area (Å²) in [4.78, 5) is 4.07. The molecule has 0 fully saturated rings. The third-order valence-corrected chi connectivity index (χ3v) is 2.73. The van der Waals surface area contributed by atoms with Gasteiger partial charge in [-0.3, -0.25) is 4.98 Å². The zero-order chi connectivity index (χ0) is 13.2. The fourth-order valence-corrected chi connectivity index (χ4v) is 1.98. The van der Waals surface area contributed by atoms with E-state index in [1.54, 1.807) is 37.4 Å². The molecule has 2 aromatic rings. The molecule has 0 aliphatic rings. The van der Waals surface area contributed by atoms with E-state index in [4.69, 9.17) is 0 Å². The molecule has 5 heteroatoms. The molecule has 2 nitrogen and oxygen atoms in total. The van der Waals surface area contributed by atoms with E-state index in [9.17, 15) is 13.2 Å². The summed E-state index contributed by atoms with van der Waals surface area (Å²) in [5.41, 5.74) is 0.789. The summed E-state index contributed by atoms with van der Waals surface area (Å²) in [5.74, 6) is 0. The minimum Gasteiger partial charge on any atom is -0.303 e. The molecule has 1 heterocycles. The van der Waals surface area contributed by atoms with Crippen molar-refractivity contribution < 1.29 is 13.2 Å². The van der Waals surface area contributed by atoms with Crippen molar-refractivity contribution in [2.75, 3.05) is 6.54 Å². The van der Waals surface area contributed by atoms with E-state index in [2.05, 4.69) is 10.3 Å². The van der Waals surface area contributed by atoms with Crippen molar-refractivity contribution in [2.45, 2.75) is 19.1 Å². The minimum absolute atomic E-state index is 0.218. The van der Waals surface area contributed by atoms with E-state index in [1.165, 1.54) is 6.07 Å². The van der Waals surface area contributed by atoms with Crippen molar-refractivity contribution >= 4 is 10.9 Å². The maximum Gasteiger partial charge on any atom is 0.407 e. The Hall–Kier alpha value is -1.62. The van der Waals surface area contributed by atoms with Crippen molar-refractivity contribution in [3.63, 3.8) is 0 Å². The van der Waals surface area contributed by atoms with Crippen LogP contribution in [-0.2, 0) is 0 Å². The molecule has 0 aliphatic heterocycles. The minimum atomic E-state index is -4.32. The Morgan fingerprint density at radius 1 is 1.22 bits per heavy atom. The summed E-state index contributed by atoms with van der Waals surface area (Å²) in [6, 6.07) is 6.44. The van der Waals surface area contributed by atoms with Gasteiger partial charge in [0.1, 0.15) is 6.04 Å². The highest BCUT2D eigenvalue weighted by Crippen LogP contribution is 2.35. The Labute approximate surface area is 103 Å². The normalized spacial score (nSPS) is 13.8. The molecule has 0 spiro atoms. The fraction of sp³-hybridized carbons (Fsp3) is 0.308. The molecule has 0 saturated heterocycles. The number of nitrogens with one attached hydrogen (secondary N) is 1. The lowest BCUT2D eigenvalue weighted by atomic mass is 10.0. The van der Waals surface area contributed by atoms with E-state index in [0.717, 1.165) is 0 Å². The summed E-state index contributed by atoms with van der Waals surface area (Å²) in [5, 5.41) is 3.01. The van der Waals surface area contributed by atoms with Crippen LogP contribution in [0.3, 0.4) is 0 Å². The number of hydrogen-bond donors (Lipinski definition) is 1. The van der Waals surface area contributed by atoms with E-state index in [0.29, 0.717) is 10.9 Å². The van der Waals surface area contributed by atoms with Crippen LogP contribution in [0.25, 0.3) is 10.9 Å². The molecular formula is C13H13F3N2. The second-order valence-electron chi connectivity index (χ2n) is 3.95. The first kappa shape index (κ1) is 12.8. The van der Waals surface area contributed by atoms with Crippen LogP contribution < -0.4 is 5.32 Å². The van der Waals surface area contributed by atoms with E-state index in [1.807, 2.05) is 0 Å². The maximum atomic E-state index is 13.0. The Balaban J connectivity index is 2.57. The van der Waals surface area contributed by atoms with Gasteiger partial charge in [0.25, 0.3) is 0 Å². The molecule has 1 aromatic carbocycles. The van der Waals surface area contributed by atoms with E-state index >= 15 is 0 Å². The number of aromatic nitrogens is 1. The summed E-state index contributed by atoms with van der Waals surface area (Å²) in [6.07, 6.45) is -2.75. The second-order valence-corrected chi connectivity index (χ2v) is 3.95. The fourth-order valence-electron chi connectivity index (χ4n) is 1.98. The van der Waals surface area contributed by atoms with Crippen molar-refractivity contribution in [3.05, 3.63) is 42.1 Å². The summed E-state index contributed by atoms with van der Waals surface area (Å²) >= 11 is 0. The van der Waals surface area contributed by atoms with Gasteiger partial charge >= 0.3 is 6.18 Å². The summed E-state index contributed by atoms with van der Waals surface area (Å²) in [6.45, 7) is 1.91. The lowest BCUT2D eigenvalue weighted by Crippen LogP contribution is -2.34. The lowest BCUT2D eigenvalue weighted by molar-refractivity contribution is -0.157. The largest absolute Gasteiger partial charge is 0.407 e. The van der Waals surface area contributed by atoms with Crippen LogP contribution in [0, 0.1) is 0 Å². The van der Waals surface area contributed by atoms with Gasteiger partial charge in [0.15, 0.2) is 0 Å². The Morgan fingerprint density at radius 3 is 2.67 bits per heavy atom. The number of benzene rings is 1. The number of nitrogens with zero attached hydrogens (tertiary/aromatic N) is 1. The van der Waals surface area contributed by atoms with Crippen LogP contribution in [0.1, 0.15) is 18.5 Å². The van der Waals surface area contributed by atoms with Gasteiger partial charge < -0.3 is 5.32 Å². The van der Waals surface area contributed by atoms with E-state index < -0.39 is 12.2 Å². The highest BCUT2D eigenvalue weighted by Gasteiger charge is 2.40. The standard InChI is InChI=1S/C13H13F3N2/c1-2-17-12(13(14,15)16)10-5-3-7-11-9(10)6-4-8-18-11/h3-8,12,17H,2H2,1H3. The molecule has 0 bridgehead atoms. The zero-order valence-electron chi connectivity index (χ0n) is 9.83. The predicted molar refractivity (Wildman–Crippen MR) is 64.2 cm³/mol. The number of alkyl halides is 3. The Morgan fingerprint density at radius 2 is 2.00 bits per heavy atom. The number of hydrogen-bond acceptors (Lipinski definition) is 2. The quantitative estimate of drug-likeness (QED) is 0.907. The molecule has 0 aliphatic carbocycles. The molecule has 18 heavy (non-hydrogen) atoms. The van der Waals surface area contributed by atoms with Gasteiger partial charge in [0, 0.05) is 11.6 Å². The maximum absolute atomic E-state index is 13.0. The number of pyridine rings is 1. The van der Waals surface area contributed by atoms with Gasteiger partial charge in [0.2, 0.25) is 0 Å². The highest BCUT2D eigenvalue weighted by molar-refractivity contribution is 5.82. The molecule has 1 unspecified atom stereocenters. The number of fused-ring (bicyclic) bond motifs is 1. The van der Waals surface area contributed by atoms with Gasteiger partial charge in [-0.1, -0.05) is 25.1 Å². The molecule has 0 radical (unpaired) electrons. The third kappa shape index (κ3) is 2.46. The van der Waals surface area contributed by atoms with Gasteiger partial charge in [0.05, 0.1) is 5.52 Å². The second kappa shape index (κ2) is 4.94. The Kier molecular flexibility index (Phi) is 3.52. The molecular weight excluding hydrogens is 241 g/mol. The average Bonchev–Trinajstić information content (AvgIpc) is 2.34. The first-order valence-electron chi connectivity index (χ1n) is 5.67. The zero-order valence-corrected chi connectivity index (χ0v) is 9.83. The summed E-state index contributed by atoms with van der Waals surface area (Å²) < 4.78 is 39.1. The van der Waals surface area contributed by atoms with E-state index in [-0.39, 0.29) is 12.1 Å². The predicted octanol–water partition coefficient (Wildman–Crippen LogP) is 3.45. The van der Waals surface area contributed by atoms with Gasteiger partial charge in [-0.25, -0.2) is 0 Å². The third-order valence-electron chi connectivity index (χ3n) is 2.73. The summed E-state index contributed by atoms with van der Waals surface area (Å²) in [7, 11) is 0. The van der Waals surface area contributed by atoms with Crippen LogP contribution in [0.15, 0.2) is 36.5 Å². The van der Waals surface area contributed by atoms with Crippen molar-refractivity contribution in [2.24, 2.45) is 0 Å². The van der Waals surface area contributed by atoms with Crippen LogP contribution in [-0.4, -0.2) is 17.7 Å². The molecule has 0 saturated carbocycles. The lowest BCUT2D eigenvalue weighted by Gasteiger charge is -2.22. The van der Waals surface area contributed by atoms with Crippen LogP contribution in [0.2, 0.25) is 0 Å². The molecule has 1 aromatic heterocycles. The monoisotopic (exact) mass is 254 g/mol. The number of halogens is 3. The van der Waals surface area contributed by atoms with Gasteiger partial charge in [-0.2, -0.15) is 13.2 Å². The SMILES string of the molecule is CCNC(c1cccc2ncccc12)C(F)(F)F. The van der Waals surface area contributed by atoms with Crippen molar-refractivity contribution in [1.29, 1.82) is 0 Å². The average molecular weight is 254 g/mol. The molecule has 2 rings (SSSR count). The first-order chi connectivity index (χ1) is 8.54. The smallest absolute Gasteiger partial charge is 0.303 e. The van der Waals surface area contributed by atoms with Gasteiger partial charge in [-0.05, 0) is 24.2 Å². The molecule has 96 valence electrons. The topological polar surface area (TPSA) is 24.9 Å².